The Balaban J connectivity index is 0.000000589. The van der Waals surface area contributed by atoms with Gasteiger partial charge in [0.1, 0.15) is 6.29 Å². The molecule has 3 heteroatoms. The van der Waals surface area contributed by atoms with Crippen LogP contribution in [0.2, 0.25) is 0 Å². The molecule has 4 aliphatic carbocycles. The van der Waals surface area contributed by atoms with Gasteiger partial charge in [0.15, 0.2) is 0 Å². The molecular formula is C27H49NOS. The van der Waals surface area contributed by atoms with Gasteiger partial charge in [-0.2, -0.15) is 0 Å². The number of unbranched alkanes of at least 4 members (excludes halogenated alkanes) is 1. The number of fused-ring (bicyclic) bond motifs is 5. The lowest BCUT2D eigenvalue weighted by Crippen LogP contribution is -2.55. The molecule has 0 aromatic rings. The van der Waals surface area contributed by atoms with Crippen LogP contribution in [0.15, 0.2) is 0 Å². The van der Waals surface area contributed by atoms with E-state index in [1.54, 1.807) is 18.4 Å². The molecule has 0 amide bonds. The van der Waals surface area contributed by atoms with E-state index in [0.717, 1.165) is 54.6 Å². The lowest BCUT2D eigenvalue weighted by Gasteiger charge is -2.62. The summed E-state index contributed by atoms with van der Waals surface area (Å²) in [6, 6.07) is 0. The van der Waals surface area contributed by atoms with Gasteiger partial charge in [0, 0.05) is 6.42 Å². The fourth-order valence-electron chi connectivity index (χ4n) is 9.05. The van der Waals surface area contributed by atoms with Crippen molar-refractivity contribution in [1.82, 2.24) is 4.72 Å². The van der Waals surface area contributed by atoms with Gasteiger partial charge in [-0.25, -0.2) is 0 Å². The Morgan fingerprint density at radius 1 is 1.00 bits per heavy atom. The van der Waals surface area contributed by atoms with E-state index in [1.807, 2.05) is 13.3 Å². The molecule has 4 aliphatic rings. The lowest BCUT2D eigenvalue weighted by molar-refractivity contribution is -0.135. The van der Waals surface area contributed by atoms with Gasteiger partial charge in [-0.3, -0.25) is 4.72 Å². The molecule has 30 heavy (non-hydrogen) atoms. The molecule has 4 fully saturated rings. The third kappa shape index (κ3) is 4.54. The first-order chi connectivity index (χ1) is 14.5. The van der Waals surface area contributed by atoms with Crippen LogP contribution in [0.3, 0.4) is 0 Å². The molecule has 0 saturated heterocycles. The maximum absolute atomic E-state index is 10.8. The predicted molar refractivity (Wildman–Crippen MR) is 131 cm³/mol. The third-order valence-corrected chi connectivity index (χ3v) is 11.0. The molecule has 6 unspecified atom stereocenters. The molecule has 8 atom stereocenters. The highest BCUT2D eigenvalue weighted by molar-refractivity contribution is 7.96. The van der Waals surface area contributed by atoms with E-state index < -0.39 is 0 Å². The molecule has 4 rings (SSSR count). The first-order valence-corrected chi connectivity index (χ1v) is 14.3. The van der Waals surface area contributed by atoms with Crippen molar-refractivity contribution in [1.29, 1.82) is 0 Å². The topological polar surface area (TPSA) is 29.1 Å². The largest absolute Gasteiger partial charge is 0.303 e. The Morgan fingerprint density at radius 3 is 2.40 bits per heavy atom. The van der Waals surface area contributed by atoms with Crippen LogP contribution in [0.5, 0.6) is 0 Å². The zero-order valence-electron chi connectivity index (χ0n) is 20.6. The van der Waals surface area contributed by atoms with Gasteiger partial charge in [0.2, 0.25) is 0 Å². The number of nitrogens with one attached hydrogen (secondary N) is 1. The zero-order valence-corrected chi connectivity index (χ0v) is 21.4. The summed E-state index contributed by atoms with van der Waals surface area (Å²) in [5.74, 6) is 5.92. The van der Waals surface area contributed by atoms with Crippen molar-refractivity contribution in [3.8, 4) is 0 Å². The molecule has 174 valence electrons. The minimum absolute atomic E-state index is 0.584. The van der Waals surface area contributed by atoms with Gasteiger partial charge in [-0.05, 0) is 117 Å². The van der Waals surface area contributed by atoms with E-state index in [2.05, 4.69) is 25.5 Å². The van der Waals surface area contributed by atoms with Gasteiger partial charge in [-0.1, -0.05) is 52.0 Å². The molecule has 4 saturated carbocycles. The Morgan fingerprint density at radius 2 is 1.73 bits per heavy atom. The van der Waals surface area contributed by atoms with Crippen molar-refractivity contribution in [2.75, 3.05) is 13.3 Å². The average molecular weight is 436 g/mol. The van der Waals surface area contributed by atoms with Crippen LogP contribution in [-0.4, -0.2) is 19.6 Å². The van der Waals surface area contributed by atoms with Gasteiger partial charge in [0.25, 0.3) is 0 Å². The van der Waals surface area contributed by atoms with Crippen LogP contribution in [0.1, 0.15) is 104 Å². The maximum Gasteiger partial charge on any atom is 0.119 e. The Kier molecular flexibility index (Phi) is 8.81. The second-order valence-electron chi connectivity index (χ2n) is 11.5. The molecule has 0 aliphatic heterocycles. The number of hydrogen-bond donors (Lipinski definition) is 1. The van der Waals surface area contributed by atoms with Crippen molar-refractivity contribution in [3.05, 3.63) is 0 Å². The molecule has 0 aromatic carbocycles. The predicted octanol–water partition coefficient (Wildman–Crippen LogP) is 7.52. The Bertz CT molecular complexity index is 551. The minimum Gasteiger partial charge on any atom is -0.303 e. The molecular weight excluding hydrogens is 386 g/mol. The normalized spacial score (nSPS) is 44.8. The number of carbonyl (C=O) groups excluding carboxylic acids is 1. The Hall–Kier alpha value is -0.0200. The number of carbonyl (C=O) groups is 1. The van der Waals surface area contributed by atoms with Crippen molar-refractivity contribution in [2.45, 2.75) is 104 Å². The fraction of sp³-hybridized carbons (Fsp3) is 0.963. The van der Waals surface area contributed by atoms with Crippen LogP contribution in [0.4, 0.5) is 0 Å². The molecule has 0 radical (unpaired) electrons. The van der Waals surface area contributed by atoms with E-state index in [9.17, 15) is 4.79 Å². The molecule has 0 heterocycles. The number of aldehydes is 1. The Labute approximate surface area is 191 Å². The van der Waals surface area contributed by atoms with Crippen molar-refractivity contribution in [2.24, 2.45) is 46.3 Å². The van der Waals surface area contributed by atoms with E-state index in [0.29, 0.717) is 10.8 Å². The van der Waals surface area contributed by atoms with Crippen molar-refractivity contribution >= 4 is 18.2 Å². The second kappa shape index (κ2) is 10.7. The van der Waals surface area contributed by atoms with Crippen molar-refractivity contribution < 1.29 is 4.79 Å². The van der Waals surface area contributed by atoms with E-state index in [4.69, 9.17) is 0 Å². The van der Waals surface area contributed by atoms with Gasteiger partial charge in [-0.15, -0.1) is 0 Å². The molecule has 0 bridgehead atoms. The van der Waals surface area contributed by atoms with Crippen LogP contribution >= 0.6 is 11.9 Å². The summed E-state index contributed by atoms with van der Waals surface area (Å²) in [4.78, 5) is 10.8. The van der Waals surface area contributed by atoms with Crippen LogP contribution in [0, 0.1) is 46.3 Å². The third-order valence-electron chi connectivity index (χ3n) is 10.6. The number of hydrogen-bond acceptors (Lipinski definition) is 3. The highest BCUT2D eigenvalue weighted by Crippen LogP contribution is 2.69. The fourth-order valence-corrected chi connectivity index (χ4v) is 9.05. The van der Waals surface area contributed by atoms with E-state index in [1.165, 1.54) is 64.2 Å². The molecule has 0 spiro atoms. The minimum atomic E-state index is 0.584. The first-order valence-electron chi connectivity index (χ1n) is 13.1. The van der Waals surface area contributed by atoms with Crippen LogP contribution in [0.25, 0.3) is 0 Å². The van der Waals surface area contributed by atoms with E-state index >= 15 is 0 Å². The highest BCUT2D eigenvalue weighted by Gasteiger charge is 2.60. The van der Waals surface area contributed by atoms with Crippen LogP contribution in [-0.2, 0) is 4.79 Å². The summed E-state index contributed by atoms with van der Waals surface area (Å²) >= 11 is 1.61. The maximum atomic E-state index is 10.8. The first kappa shape index (κ1) is 24.6. The molecule has 0 aromatic heterocycles. The average Bonchev–Trinajstić information content (AvgIpc) is 3.09. The monoisotopic (exact) mass is 435 g/mol. The zero-order chi connectivity index (χ0) is 21.8. The summed E-state index contributed by atoms with van der Waals surface area (Å²) in [6.07, 6.45) is 21.2. The summed E-state index contributed by atoms with van der Waals surface area (Å²) in [7, 11) is 1.89. The lowest BCUT2D eigenvalue weighted by atomic mass is 9.42. The molecule has 2 nitrogen and oxygen atoms in total. The van der Waals surface area contributed by atoms with Gasteiger partial charge >= 0.3 is 0 Å². The smallest absolute Gasteiger partial charge is 0.119 e. The van der Waals surface area contributed by atoms with E-state index in [-0.39, 0.29) is 0 Å². The van der Waals surface area contributed by atoms with Gasteiger partial charge in [0.05, 0.1) is 0 Å². The summed E-state index contributed by atoms with van der Waals surface area (Å²) in [6.45, 7) is 7.84. The summed E-state index contributed by atoms with van der Waals surface area (Å²) in [5.41, 5.74) is 1.24. The summed E-state index contributed by atoms with van der Waals surface area (Å²) in [5, 5.41) is 0. The standard InChI is InChI=1S/C25H42O.C2H7NS/c1-4-18-17-20-22-12-11-19(9-6-8-16-26)24(22,2)15-13-23(20)25(3)14-7-5-10-21(18)25;1-3-4-2/h16,18-23H,4-15,17H2,1-3H3;3H,1-2H3/t18-,19?,20?,21?,22?,23-,24?,25?;/m0./s1. The number of rotatable bonds is 6. The second-order valence-corrected chi connectivity index (χ2v) is 12.3. The van der Waals surface area contributed by atoms with Gasteiger partial charge < -0.3 is 4.79 Å². The quantitative estimate of drug-likeness (QED) is 0.266. The summed E-state index contributed by atoms with van der Waals surface area (Å²) < 4.78 is 2.85. The highest BCUT2D eigenvalue weighted by atomic mass is 32.2. The SMILES string of the molecule is CC[C@H]1CC2C3CCC(CCCC=O)C3(C)CC[C@@H]2C2(C)CCCCC12.CNSC. The van der Waals surface area contributed by atoms with Crippen LogP contribution < -0.4 is 4.72 Å². The molecule has 1 N–H and O–H groups in total. The van der Waals surface area contributed by atoms with Crippen molar-refractivity contribution in [3.63, 3.8) is 0 Å².